The first-order valence-corrected chi connectivity index (χ1v) is 11.9. The lowest BCUT2D eigenvalue weighted by molar-refractivity contribution is -0.120. The average Bonchev–Trinajstić information content (AvgIpc) is 2.94. The second-order valence-electron chi connectivity index (χ2n) is 8.64. The number of ether oxygens (including phenoxy) is 1. The fourth-order valence-electron chi connectivity index (χ4n) is 4.56. The molecule has 0 radical (unpaired) electrons. The lowest BCUT2D eigenvalue weighted by Gasteiger charge is -2.32. The number of benzene rings is 3. The monoisotopic (exact) mass is 464 g/mol. The first-order chi connectivity index (χ1) is 17.2. The third-order valence-corrected chi connectivity index (χ3v) is 6.49. The van der Waals surface area contributed by atoms with E-state index >= 15 is 0 Å². The molecule has 1 aromatic heterocycles. The predicted octanol–water partition coefficient (Wildman–Crippen LogP) is 5.67. The molecule has 3 aromatic carbocycles. The van der Waals surface area contributed by atoms with Crippen molar-refractivity contribution in [1.82, 2.24) is 10.2 Å². The highest BCUT2D eigenvalue weighted by atomic mass is 16.5. The standard InChI is InChI=1S/C29H28N4O2/c1-35-27-14-8-6-12-24(27)26-15-16-28(32-31-26)33-19-17-22(18-20-33)29(34)30-25-13-7-5-11-23(25)21-9-3-2-4-10-21/h2-16,22H,17-20H2,1H3,(H,30,34). The molecule has 1 fully saturated rings. The number of nitrogens with zero attached hydrogens (tertiary/aromatic N) is 3. The van der Waals surface area contributed by atoms with Gasteiger partial charge in [-0.25, -0.2) is 0 Å². The maximum absolute atomic E-state index is 13.1. The van der Waals surface area contributed by atoms with Gasteiger partial charge in [0.1, 0.15) is 5.75 Å². The molecule has 0 unspecified atom stereocenters. The van der Waals surface area contributed by atoms with Crippen LogP contribution in [0, 0.1) is 5.92 Å². The number of aromatic nitrogens is 2. The Morgan fingerprint density at radius 3 is 2.23 bits per heavy atom. The van der Waals surface area contributed by atoms with Crippen LogP contribution < -0.4 is 15.0 Å². The van der Waals surface area contributed by atoms with Crippen molar-refractivity contribution < 1.29 is 9.53 Å². The van der Waals surface area contributed by atoms with Crippen LogP contribution in [0.4, 0.5) is 11.5 Å². The van der Waals surface area contributed by atoms with Gasteiger partial charge in [0.2, 0.25) is 5.91 Å². The lowest BCUT2D eigenvalue weighted by Crippen LogP contribution is -2.38. The van der Waals surface area contributed by atoms with E-state index in [1.165, 1.54) is 0 Å². The molecule has 176 valence electrons. The van der Waals surface area contributed by atoms with Crippen molar-refractivity contribution in [3.63, 3.8) is 0 Å². The van der Waals surface area contributed by atoms with Crippen LogP contribution in [0.15, 0.2) is 91.0 Å². The van der Waals surface area contributed by atoms with E-state index in [0.717, 1.165) is 65.6 Å². The number of rotatable bonds is 6. The molecular weight excluding hydrogens is 436 g/mol. The lowest BCUT2D eigenvalue weighted by atomic mass is 9.95. The summed E-state index contributed by atoms with van der Waals surface area (Å²) in [5.41, 5.74) is 4.67. The largest absolute Gasteiger partial charge is 0.496 e. The summed E-state index contributed by atoms with van der Waals surface area (Å²) < 4.78 is 5.44. The highest BCUT2D eigenvalue weighted by molar-refractivity contribution is 5.96. The van der Waals surface area contributed by atoms with E-state index in [2.05, 4.69) is 32.5 Å². The van der Waals surface area contributed by atoms with E-state index in [9.17, 15) is 4.79 Å². The van der Waals surface area contributed by atoms with Gasteiger partial charge < -0.3 is 15.0 Å². The molecule has 1 amide bonds. The van der Waals surface area contributed by atoms with Crippen molar-refractivity contribution in [2.75, 3.05) is 30.4 Å². The number of hydrogen-bond donors (Lipinski definition) is 1. The Morgan fingerprint density at radius 2 is 1.51 bits per heavy atom. The fraction of sp³-hybridized carbons (Fsp3) is 0.207. The molecule has 6 nitrogen and oxygen atoms in total. The van der Waals surface area contributed by atoms with Crippen LogP contribution in [0.25, 0.3) is 22.4 Å². The normalized spacial score (nSPS) is 13.9. The molecule has 1 N–H and O–H groups in total. The molecule has 0 spiro atoms. The molecule has 0 bridgehead atoms. The Morgan fingerprint density at radius 1 is 0.829 bits per heavy atom. The molecule has 35 heavy (non-hydrogen) atoms. The molecule has 1 aliphatic rings. The molecule has 6 heteroatoms. The number of hydrogen-bond acceptors (Lipinski definition) is 5. The van der Waals surface area contributed by atoms with Crippen LogP contribution in [0.5, 0.6) is 5.75 Å². The molecule has 0 aliphatic carbocycles. The number of anilines is 2. The van der Waals surface area contributed by atoms with Gasteiger partial charge in [0, 0.05) is 35.8 Å². The van der Waals surface area contributed by atoms with Gasteiger partial charge in [-0.1, -0.05) is 60.7 Å². The topological polar surface area (TPSA) is 67.3 Å². The van der Waals surface area contributed by atoms with E-state index in [1.54, 1.807) is 7.11 Å². The molecule has 4 aromatic rings. The van der Waals surface area contributed by atoms with Crippen molar-refractivity contribution in [3.8, 4) is 28.1 Å². The fourth-order valence-corrected chi connectivity index (χ4v) is 4.56. The average molecular weight is 465 g/mol. The van der Waals surface area contributed by atoms with Crippen molar-refractivity contribution in [2.24, 2.45) is 5.92 Å². The zero-order chi connectivity index (χ0) is 24.0. The van der Waals surface area contributed by atoms with Gasteiger partial charge in [-0.05, 0) is 48.7 Å². The molecule has 5 rings (SSSR count). The Kier molecular flexibility index (Phi) is 6.70. The van der Waals surface area contributed by atoms with E-state index in [-0.39, 0.29) is 11.8 Å². The maximum atomic E-state index is 13.1. The van der Waals surface area contributed by atoms with Crippen molar-refractivity contribution in [1.29, 1.82) is 0 Å². The smallest absolute Gasteiger partial charge is 0.227 e. The Hall–Kier alpha value is -4.19. The minimum absolute atomic E-state index is 0.0316. The van der Waals surface area contributed by atoms with Gasteiger partial charge in [0.25, 0.3) is 0 Å². The second kappa shape index (κ2) is 10.4. The van der Waals surface area contributed by atoms with Crippen molar-refractivity contribution >= 4 is 17.4 Å². The summed E-state index contributed by atoms with van der Waals surface area (Å²) in [6.45, 7) is 1.53. The Bertz CT molecular complexity index is 1280. The second-order valence-corrected chi connectivity index (χ2v) is 8.64. The summed E-state index contributed by atoms with van der Waals surface area (Å²) in [6, 6.07) is 29.8. The maximum Gasteiger partial charge on any atom is 0.227 e. The van der Waals surface area contributed by atoms with Gasteiger partial charge in [-0.3, -0.25) is 4.79 Å². The number of nitrogens with one attached hydrogen (secondary N) is 1. The molecular formula is C29H28N4O2. The van der Waals surface area contributed by atoms with Gasteiger partial charge in [0.05, 0.1) is 12.8 Å². The SMILES string of the molecule is COc1ccccc1-c1ccc(N2CCC(C(=O)Nc3ccccc3-c3ccccc3)CC2)nn1. The Balaban J connectivity index is 1.22. The minimum Gasteiger partial charge on any atom is -0.496 e. The first-order valence-electron chi connectivity index (χ1n) is 11.9. The van der Waals surface area contributed by atoms with Crippen LogP contribution >= 0.6 is 0 Å². The van der Waals surface area contributed by atoms with Crippen LogP contribution in [0.3, 0.4) is 0 Å². The summed E-state index contributed by atoms with van der Waals surface area (Å²) in [5.74, 6) is 1.65. The molecule has 2 heterocycles. The van der Waals surface area contributed by atoms with Gasteiger partial charge in [0.15, 0.2) is 5.82 Å². The number of carbonyl (C=O) groups is 1. The number of amides is 1. The molecule has 0 atom stereocenters. The molecule has 1 aliphatic heterocycles. The van der Waals surface area contributed by atoms with E-state index in [0.29, 0.717) is 0 Å². The molecule has 0 saturated carbocycles. The van der Waals surface area contributed by atoms with E-state index in [4.69, 9.17) is 4.74 Å². The molecule has 1 saturated heterocycles. The van der Waals surface area contributed by atoms with Gasteiger partial charge in [-0.15, -0.1) is 10.2 Å². The number of carbonyl (C=O) groups excluding carboxylic acids is 1. The predicted molar refractivity (Wildman–Crippen MR) is 139 cm³/mol. The van der Waals surface area contributed by atoms with Gasteiger partial charge >= 0.3 is 0 Å². The highest BCUT2D eigenvalue weighted by Gasteiger charge is 2.26. The third kappa shape index (κ3) is 5.01. The first kappa shape index (κ1) is 22.6. The van der Waals surface area contributed by atoms with E-state index in [1.807, 2.05) is 78.9 Å². The van der Waals surface area contributed by atoms with Crippen LogP contribution in [-0.4, -0.2) is 36.3 Å². The summed E-state index contributed by atoms with van der Waals surface area (Å²) in [7, 11) is 1.65. The quantitative estimate of drug-likeness (QED) is 0.398. The number of para-hydroxylation sites is 2. The summed E-state index contributed by atoms with van der Waals surface area (Å²) in [6.07, 6.45) is 1.55. The van der Waals surface area contributed by atoms with Crippen molar-refractivity contribution in [2.45, 2.75) is 12.8 Å². The summed E-state index contributed by atoms with van der Waals surface area (Å²) >= 11 is 0. The van der Waals surface area contributed by atoms with E-state index < -0.39 is 0 Å². The zero-order valence-corrected chi connectivity index (χ0v) is 19.7. The van der Waals surface area contributed by atoms with Crippen molar-refractivity contribution in [3.05, 3.63) is 91.0 Å². The number of methoxy groups -OCH3 is 1. The Labute approximate surface area is 205 Å². The van der Waals surface area contributed by atoms with Crippen LogP contribution in [0.2, 0.25) is 0 Å². The third-order valence-electron chi connectivity index (χ3n) is 6.49. The summed E-state index contributed by atoms with van der Waals surface area (Å²) in [4.78, 5) is 15.3. The summed E-state index contributed by atoms with van der Waals surface area (Å²) in [5, 5.41) is 12.1. The van der Waals surface area contributed by atoms with Crippen LogP contribution in [-0.2, 0) is 4.79 Å². The van der Waals surface area contributed by atoms with Crippen LogP contribution in [0.1, 0.15) is 12.8 Å². The number of piperidine rings is 1. The highest BCUT2D eigenvalue weighted by Crippen LogP contribution is 2.31. The van der Waals surface area contributed by atoms with Gasteiger partial charge in [-0.2, -0.15) is 0 Å². The zero-order valence-electron chi connectivity index (χ0n) is 19.7. The minimum atomic E-state index is -0.0316.